The molecule has 0 aliphatic heterocycles. The quantitative estimate of drug-likeness (QED) is 0.364. The van der Waals surface area contributed by atoms with Crippen LogP contribution in [0.1, 0.15) is 10.4 Å². The first-order valence-electron chi connectivity index (χ1n) is 6.72. The summed E-state index contributed by atoms with van der Waals surface area (Å²) >= 11 is 0.801. The summed E-state index contributed by atoms with van der Waals surface area (Å²) in [5, 5.41) is 15.9. The number of halogens is 3. The van der Waals surface area contributed by atoms with Gasteiger partial charge >= 0.3 is 23.0 Å². The SMILES string of the molecule is O=C(N/N=C/c1ccc([N+](=O)[O-])s1)C(=O)Nc1cccc(C(F)(F)F)c1. The van der Waals surface area contributed by atoms with Crippen molar-refractivity contribution >= 4 is 40.1 Å². The Labute approximate surface area is 147 Å². The highest BCUT2D eigenvalue weighted by atomic mass is 32.1. The molecule has 0 saturated heterocycles. The van der Waals surface area contributed by atoms with Crippen LogP contribution < -0.4 is 10.7 Å². The number of carbonyl (C=O) groups is 2. The number of alkyl halides is 3. The van der Waals surface area contributed by atoms with E-state index in [1.807, 2.05) is 10.7 Å². The fraction of sp³-hybridized carbons (Fsp3) is 0.0714. The fourth-order valence-electron chi connectivity index (χ4n) is 1.68. The Morgan fingerprint density at radius 1 is 1.19 bits per heavy atom. The van der Waals surface area contributed by atoms with E-state index in [-0.39, 0.29) is 10.7 Å². The van der Waals surface area contributed by atoms with Gasteiger partial charge in [-0.15, -0.1) is 0 Å². The van der Waals surface area contributed by atoms with Crippen molar-refractivity contribution in [1.82, 2.24) is 5.43 Å². The third-order valence-corrected chi connectivity index (χ3v) is 3.78. The number of amides is 2. The molecule has 0 fully saturated rings. The molecule has 1 aromatic carbocycles. The van der Waals surface area contributed by atoms with E-state index in [1.54, 1.807) is 0 Å². The van der Waals surface area contributed by atoms with Crippen molar-refractivity contribution in [2.45, 2.75) is 6.18 Å². The smallest absolute Gasteiger partial charge is 0.318 e. The number of hydrazone groups is 1. The Morgan fingerprint density at radius 3 is 2.54 bits per heavy atom. The molecule has 2 aromatic rings. The first-order valence-corrected chi connectivity index (χ1v) is 7.54. The van der Waals surface area contributed by atoms with Gasteiger partial charge in [0.25, 0.3) is 0 Å². The van der Waals surface area contributed by atoms with Crippen LogP contribution in [-0.4, -0.2) is 23.0 Å². The molecule has 136 valence electrons. The number of thiophene rings is 1. The number of benzene rings is 1. The summed E-state index contributed by atoms with van der Waals surface area (Å²) in [5.74, 6) is -2.44. The molecule has 0 saturated carbocycles. The van der Waals surface area contributed by atoms with Crippen LogP contribution in [-0.2, 0) is 15.8 Å². The van der Waals surface area contributed by atoms with Gasteiger partial charge in [0.1, 0.15) is 0 Å². The average molecular weight is 386 g/mol. The van der Waals surface area contributed by atoms with Crippen molar-refractivity contribution in [3.8, 4) is 0 Å². The Morgan fingerprint density at radius 2 is 1.92 bits per heavy atom. The normalized spacial score (nSPS) is 11.3. The highest BCUT2D eigenvalue weighted by Crippen LogP contribution is 2.30. The molecule has 12 heteroatoms. The van der Waals surface area contributed by atoms with Crippen molar-refractivity contribution in [1.29, 1.82) is 0 Å². The highest BCUT2D eigenvalue weighted by molar-refractivity contribution is 7.16. The van der Waals surface area contributed by atoms with Crippen LogP contribution >= 0.6 is 11.3 Å². The van der Waals surface area contributed by atoms with Gasteiger partial charge in [-0.2, -0.15) is 18.3 Å². The molecule has 0 aliphatic rings. The Bertz CT molecular complexity index is 879. The Kier molecular flexibility index (Phi) is 5.67. The van der Waals surface area contributed by atoms with E-state index in [2.05, 4.69) is 5.10 Å². The molecule has 2 N–H and O–H groups in total. The number of nitrogens with one attached hydrogen (secondary N) is 2. The predicted octanol–water partition coefficient (Wildman–Crippen LogP) is 2.76. The standard InChI is InChI=1S/C14H9F3N4O4S/c15-14(16,17)8-2-1-3-9(6-8)19-12(22)13(23)20-18-7-10-4-5-11(26-10)21(24)25/h1-7H,(H,19,22)(H,20,23)/b18-7+. The minimum atomic E-state index is -4.59. The minimum Gasteiger partial charge on any atom is -0.318 e. The van der Waals surface area contributed by atoms with Crippen LogP contribution in [0.15, 0.2) is 41.5 Å². The van der Waals surface area contributed by atoms with E-state index in [0.29, 0.717) is 10.9 Å². The van der Waals surface area contributed by atoms with Crippen molar-refractivity contribution in [3.63, 3.8) is 0 Å². The van der Waals surface area contributed by atoms with Crippen LogP contribution in [0.4, 0.5) is 23.9 Å². The third-order valence-electron chi connectivity index (χ3n) is 2.80. The lowest BCUT2D eigenvalue weighted by Crippen LogP contribution is -2.32. The van der Waals surface area contributed by atoms with Crippen LogP contribution in [0.2, 0.25) is 0 Å². The van der Waals surface area contributed by atoms with Gasteiger partial charge in [0.15, 0.2) is 0 Å². The highest BCUT2D eigenvalue weighted by Gasteiger charge is 2.30. The van der Waals surface area contributed by atoms with E-state index in [1.165, 1.54) is 18.2 Å². The monoisotopic (exact) mass is 386 g/mol. The maximum atomic E-state index is 12.6. The van der Waals surface area contributed by atoms with E-state index in [9.17, 15) is 32.9 Å². The summed E-state index contributed by atoms with van der Waals surface area (Å²) in [7, 11) is 0. The predicted molar refractivity (Wildman–Crippen MR) is 86.8 cm³/mol. The first kappa shape index (κ1) is 19.1. The van der Waals surface area contributed by atoms with Crippen molar-refractivity contribution in [2.24, 2.45) is 5.10 Å². The van der Waals surface area contributed by atoms with Crippen LogP contribution in [0.3, 0.4) is 0 Å². The second-order valence-electron chi connectivity index (χ2n) is 4.66. The first-order chi connectivity index (χ1) is 12.2. The lowest BCUT2D eigenvalue weighted by Gasteiger charge is -2.09. The molecule has 0 unspecified atom stereocenters. The number of nitro groups is 1. The molecule has 1 aromatic heterocycles. The molecule has 0 aliphatic carbocycles. The molecule has 0 radical (unpaired) electrons. The molecule has 0 atom stereocenters. The lowest BCUT2D eigenvalue weighted by molar-refractivity contribution is -0.380. The van der Waals surface area contributed by atoms with Crippen LogP contribution in [0.25, 0.3) is 0 Å². The number of nitrogens with zero attached hydrogens (tertiary/aromatic N) is 2. The number of rotatable bonds is 4. The summed E-state index contributed by atoms with van der Waals surface area (Å²) in [6.45, 7) is 0. The van der Waals surface area contributed by atoms with Crippen molar-refractivity contribution < 1.29 is 27.7 Å². The third kappa shape index (κ3) is 5.11. The number of hydrogen-bond acceptors (Lipinski definition) is 6. The van der Waals surface area contributed by atoms with Crippen LogP contribution in [0.5, 0.6) is 0 Å². The van der Waals surface area contributed by atoms with Crippen LogP contribution in [0, 0.1) is 10.1 Å². The number of carbonyl (C=O) groups excluding carboxylic acids is 2. The topological polar surface area (TPSA) is 114 Å². The summed E-state index contributed by atoms with van der Waals surface area (Å²) in [4.78, 5) is 33.5. The second kappa shape index (κ2) is 7.74. The zero-order valence-electron chi connectivity index (χ0n) is 12.6. The summed E-state index contributed by atoms with van der Waals surface area (Å²) in [5.41, 5.74) is 0.679. The van der Waals surface area contributed by atoms with E-state index < -0.39 is 28.5 Å². The Balaban J connectivity index is 1.94. The number of anilines is 1. The maximum Gasteiger partial charge on any atom is 0.416 e. The molecule has 2 rings (SSSR count). The molecular formula is C14H9F3N4O4S. The molecule has 2 amide bonds. The number of hydrogen-bond donors (Lipinski definition) is 2. The van der Waals surface area contributed by atoms with Gasteiger partial charge in [0.2, 0.25) is 0 Å². The van der Waals surface area contributed by atoms with Crippen molar-refractivity contribution in [2.75, 3.05) is 5.32 Å². The molecule has 26 heavy (non-hydrogen) atoms. The minimum absolute atomic E-state index is 0.125. The second-order valence-corrected chi connectivity index (χ2v) is 5.76. The van der Waals surface area contributed by atoms with Gasteiger partial charge < -0.3 is 5.32 Å². The lowest BCUT2D eigenvalue weighted by atomic mass is 10.2. The molecule has 0 bridgehead atoms. The van der Waals surface area contributed by atoms with Gasteiger partial charge in [0, 0.05) is 11.8 Å². The molecule has 8 nitrogen and oxygen atoms in total. The summed E-state index contributed by atoms with van der Waals surface area (Å²) in [6, 6.07) is 6.40. The Hall–Kier alpha value is -3.28. The fourth-order valence-corrected chi connectivity index (χ4v) is 2.37. The average Bonchev–Trinajstić information content (AvgIpc) is 3.03. The van der Waals surface area contributed by atoms with Gasteiger partial charge in [-0.3, -0.25) is 19.7 Å². The summed E-state index contributed by atoms with van der Waals surface area (Å²) in [6.07, 6.45) is -3.50. The van der Waals surface area contributed by atoms with Gasteiger partial charge in [0.05, 0.1) is 21.6 Å². The molecule has 0 spiro atoms. The molecular weight excluding hydrogens is 377 g/mol. The van der Waals surface area contributed by atoms with Crippen molar-refractivity contribution in [3.05, 3.63) is 57.0 Å². The molecule has 1 heterocycles. The van der Waals surface area contributed by atoms with E-state index >= 15 is 0 Å². The zero-order valence-corrected chi connectivity index (χ0v) is 13.4. The van der Waals surface area contributed by atoms with Gasteiger partial charge in [-0.1, -0.05) is 17.4 Å². The van der Waals surface area contributed by atoms with Gasteiger partial charge in [-0.05, 0) is 24.3 Å². The maximum absolute atomic E-state index is 12.6. The zero-order chi connectivity index (χ0) is 19.3. The summed E-state index contributed by atoms with van der Waals surface area (Å²) < 4.78 is 37.8. The van der Waals surface area contributed by atoms with E-state index in [0.717, 1.165) is 29.7 Å². The van der Waals surface area contributed by atoms with E-state index in [4.69, 9.17) is 0 Å². The van der Waals surface area contributed by atoms with Gasteiger partial charge in [-0.25, -0.2) is 5.43 Å². The largest absolute Gasteiger partial charge is 0.416 e.